The minimum absolute atomic E-state index is 0.595. The van der Waals surface area contributed by atoms with Crippen molar-refractivity contribution >= 4 is 21.8 Å². The monoisotopic (exact) mass is 704 g/mol. The Morgan fingerprint density at radius 3 is 1.51 bits per heavy atom. The molecule has 4 heterocycles. The topological polar surface area (TPSA) is 69.4 Å². The molecule has 10 rings (SSSR count). The van der Waals surface area contributed by atoms with E-state index in [0.29, 0.717) is 17.5 Å². The van der Waals surface area contributed by atoms with Crippen molar-refractivity contribution in [1.29, 1.82) is 0 Å². The summed E-state index contributed by atoms with van der Waals surface area (Å²) in [5, 5.41) is 2.32. The first-order valence-electron chi connectivity index (χ1n) is 18.2. The summed E-state index contributed by atoms with van der Waals surface area (Å²) in [4.78, 5) is 24.8. The van der Waals surface area contributed by atoms with E-state index < -0.39 is 0 Å². The Bertz CT molecular complexity index is 2890. The summed E-state index contributed by atoms with van der Waals surface area (Å²) in [6.45, 7) is 0. The minimum Gasteiger partial charge on any atom is -0.294 e. The summed E-state index contributed by atoms with van der Waals surface area (Å²) < 4.78 is 2.23. The average Bonchev–Trinajstić information content (AvgIpc) is 3.61. The van der Waals surface area contributed by atoms with E-state index in [1.165, 1.54) is 5.39 Å². The van der Waals surface area contributed by atoms with Crippen molar-refractivity contribution < 1.29 is 0 Å². The molecule has 0 saturated carbocycles. The molecule has 0 N–H and O–H groups in total. The maximum atomic E-state index is 5.10. The van der Waals surface area contributed by atoms with Gasteiger partial charge in [0.2, 0.25) is 0 Å². The zero-order chi connectivity index (χ0) is 36.6. The van der Waals surface area contributed by atoms with Gasteiger partial charge >= 0.3 is 0 Å². The van der Waals surface area contributed by atoms with Crippen molar-refractivity contribution in [2.45, 2.75) is 0 Å². The van der Waals surface area contributed by atoms with E-state index in [1.54, 1.807) is 0 Å². The standard InChI is InChI=1S/C49H32N6/c1-4-14-33(15-5-1)43-25-23-37(32-51-43)39-28-38(36-24-26-45-42(31-36)41-20-10-11-21-44(41)55(45)46-22-12-13-27-50-46)29-40(30-39)49-53-47(34-16-6-2-7-17-34)52-48(54-49)35-18-8-3-9-19-35/h1-32H. The number of nitrogens with zero attached hydrogens (tertiary/aromatic N) is 6. The van der Waals surface area contributed by atoms with Gasteiger partial charge in [-0.3, -0.25) is 9.55 Å². The van der Waals surface area contributed by atoms with Crippen LogP contribution in [0.2, 0.25) is 0 Å². The van der Waals surface area contributed by atoms with Crippen LogP contribution in [0.25, 0.3) is 95.3 Å². The van der Waals surface area contributed by atoms with Crippen LogP contribution in [0.4, 0.5) is 0 Å². The van der Waals surface area contributed by atoms with Gasteiger partial charge in [0.15, 0.2) is 17.5 Å². The van der Waals surface area contributed by atoms with Crippen molar-refractivity contribution in [3.63, 3.8) is 0 Å². The van der Waals surface area contributed by atoms with Gasteiger partial charge in [0.1, 0.15) is 5.82 Å². The van der Waals surface area contributed by atoms with Crippen LogP contribution in [0.15, 0.2) is 194 Å². The second-order valence-corrected chi connectivity index (χ2v) is 13.4. The van der Waals surface area contributed by atoms with Gasteiger partial charge in [-0.1, -0.05) is 127 Å². The zero-order valence-electron chi connectivity index (χ0n) is 29.7. The predicted octanol–water partition coefficient (Wildman–Crippen LogP) is 11.8. The Morgan fingerprint density at radius 1 is 0.327 bits per heavy atom. The predicted molar refractivity (Wildman–Crippen MR) is 222 cm³/mol. The summed E-state index contributed by atoms with van der Waals surface area (Å²) in [5.74, 6) is 2.72. The Balaban J connectivity index is 1.18. The first-order valence-corrected chi connectivity index (χ1v) is 18.2. The molecular formula is C49H32N6. The van der Waals surface area contributed by atoms with Crippen molar-refractivity contribution in [1.82, 2.24) is 29.5 Å². The number of fused-ring (bicyclic) bond motifs is 3. The molecule has 258 valence electrons. The maximum Gasteiger partial charge on any atom is 0.164 e. The number of pyridine rings is 2. The third-order valence-electron chi connectivity index (χ3n) is 9.94. The summed E-state index contributed by atoms with van der Waals surface area (Å²) in [5.41, 5.74) is 11.1. The maximum absolute atomic E-state index is 5.10. The van der Waals surface area contributed by atoms with Gasteiger partial charge in [0.05, 0.1) is 16.7 Å². The van der Waals surface area contributed by atoms with E-state index in [1.807, 2.05) is 103 Å². The Morgan fingerprint density at radius 2 is 0.873 bits per heavy atom. The molecule has 0 aliphatic heterocycles. The molecule has 6 nitrogen and oxygen atoms in total. The van der Waals surface area contributed by atoms with Gasteiger partial charge in [-0.25, -0.2) is 19.9 Å². The lowest BCUT2D eigenvalue weighted by Crippen LogP contribution is -2.00. The van der Waals surface area contributed by atoms with Crippen LogP contribution in [-0.2, 0) is 0 Å². The highest BCUT2D eigenvalue weighted by Gasteiger charge is 2.17. The number of rotatable bonds is 7. The molecule has 0 radical (unpaired) electrons. The summed E-state index contributed by atoms with van der Waals surface area (Å²) in [7, 11) is 0. The Labute approximate surface area is 318 Å². The van der Waals surface area contributed by atoms with Crippen LogP contribution in [-0.4, -0.2) is 29.5 Å². The molecule has 0 saturated heterocycles. The fourth-order valence-electron chi connectivity index (χ4n) is 7.26. The Kier molecular flexibility index (Phi) is 8.04. The van der Waals surface area contributed by atoms with Crippen LogP contribution in [0, 0.1) is 0 Å². The van der Waals surface area contributed by atoms with Crippen LogP contribution in [0.3, 0.4) is 0 Å². The van der Waals surface area contributed by atoms with Crippen LogP contribution >= 0.6 is 0 Å². The van der Waals surface area contributed by atoms with Crippen molar-refractivity contribution in [3.05, 3.63) is 194 Å². The fraction of sp³-hybridized carbons (Fsp3) is 0. The molecule has 6 aromatic carbocycles. The van der Waals surface area contributed by atoms with E-state index in [2.05, 4.69) is 95.6 Å². The Hall–Kier alpha value is -7.57. The average molecular weight is 705 g/mol. The number of para-hydroxylation sites is 1. The number of hydrogen-bond acceptors (Lipinski definition) is 5. The highest BCUT2D eigenvalue weighted by atomic mass is 15.1. The molecule has 4 aromatic heterocycles. The second-order valence-electron chi connectivity index (χ2n) is 13.4. The van der Waals surface area contributed by atoms with Gasteiger partial charge < -0.3 is 0 Å². The van der Waals surface area contributed by atoms with Gasteiger partial charge in [0, 0.05) is 51.0 Å². The third kappa shape index (κ3) is 6.11. The molecule has 0 unspecified atom stereocenters. The van der Waals surface area contributed by atoms with Gasteiger partial charge in [-0.15, -0.1) is 0 Å². The highest BCUT2D eigenvalue weighted by Crippen LogP contribution is 2.38. The van der Waals surface area contributed by atoms with Crippen LogP contribution in [0.5, 0.6) is 0 Å². The molecular weight excluding hydrogens is 673 g/mol. The molecule has 0 fully saturated rings. The largest absolute Gasteiger partial charge is 0.294 e. The third-order valence-corrected chi connectivity index (χ3v) is 9.94. The van der Waals surface area contributed by atoms with Crippen molar-refractivity contribution in [2.24, 2.45) is 0 Å². The van der Waals surface area contributed by atoms with E-state index >= 15 is 0 Å². The molecule has 0 aliphatic carbocycles. The first kappa shape index (κ1) is 32.1. The zero-order valence-corrected chi connectivity index (χ0v) is 29.7. The van der Waals surface area contributed by atoms with Gasteiger partial charge in [0.25, 0.3) is 0 Å². The van der Waals surface area contributed by atoms with Crippen LogP contribution < -0.4 is 0 Å². The lowest BCUT2D eigenvalue weighted by molar-refractivity contribution is 1.07. The second kappa shape index (κ2) is 13.8. The molecule has 0 bridgehead atoms. The highest BCUT2D eigenvalue weighted by molar-refractivity contribution is 6.10. The smallest absolute Gasteiger partial charge is 0.164 e. The molecule has 0 amide bonds. The number of benzene rings is 6. The fourth-order valence-corrected chi connectivity index (χ4v) is 7.26. The summed E-state index contributed by atoms with van der Waals surface area (Å²) in [6.07, 6.45) is 3.79. The molecule has 55 heavy (non-hydrogen) atoms. The van der Waals surface area contributed by atoms with E-state index in [9.17, 15) is 0 Å². The number of hydrogen-bond donors (Lipinski definition) is 0. The van der Waals surface area contributed by atoms with E-state index in [0.717, 1.165) is 72.4 Å². The van der Waals surface area contributed by atoms with Gasteiger partial charge in [-0.2, -0.15) is 0 Å². The summed E-state index contributed by atoms with van der Waals surface area (Å²) >= 11 is 0. The van der Waals surface area contributed by atoms with Crippen molar-refractivity contribution in [3.8, 4) is 73.5 Å². The lowest BCUT2D eigenvalue weighted by atomic mass is 9.95. The molecule has 0 spiro atoms. The number of aromatic nitrogens is 6. The normalized spacial score (nSPS) is 11.3. The first-order chi connectivity index (χ1) is 27.2. The SMILES string of the molecule is c1ccc(-c2ccc(-c3cc(-c4ccc5c(c4)c4ccccc4n5-c4ccccn4)cc(-c4nc(-c5ccccc5)nc(-c5ccccc5)n4)c3)cn2)cc1. The quantitative estimate of drug-likeness (QED) is 0.165. The molecule has 6 heteroatoms. The van der Waals surface area contributed by atoms with E-state index in [4.69, 9.17) is 24.9 Å². The van der Waals surface area contributed by atoms with E-state index in [-0.39, 0.29) is 0 Å². The minimum atomic E-state index is 0.595. The summed E-state index contributed by atoms with van der Waals surface area (Å²) in [6, 6.07) is 62.4. The van der Waals surface area contributed by atoms with Gasteiger partial charge in [-0.05, 0) is 71.3 Å². The van der Waals surface area contributed by atoms with Crippen LogP contribution in [0.1, 0.15) is 0 Å². The van der Waals surface area contributed by atoms with Crippen molar-refractivity contribution in [2.75, 3.05) is 0 Å². The molecule has 0 atom stereocenters. The lowest BCUT2D eigenvalue weighted by Gasteiger charge is -2.13. The molecule has 10 aromatic rings. The molecule has 0 aliphatic rings.